The van der Waals surface area contributed by atoms with E-state index in [1.54, 1.807) is 12.1 Å². The topological polar surface area (TPSA) is 37.8 Å². The summed E-state index contributed by atoms with van der Waals surface area (Å²) in [6.07, 6.45) is 0. The van der Waals surface area contributed by atoms with Gasteiger partial charge in [0.1, 0.15) is 22.6 Å². The minimum absolute atomic E-state index is 0.0502. The highest BCUT2D eigenvalue weighted by Crippen LogP contribution is 2.24. The minimum Gasteiger partial charge on any atom is -0.340 e. The number of aromatic nitrogens is 2. The number of nitrogens with one attached hydrogen (secondary N) is 1. The monoisotopic (exact) mass is 299 g/mol. The molecule has 2 rings (SSSR count). The molecule has 0 fully saturated rings. The molecule has 0 saturated carbocycles. The van der Waals surface area contributed by atoms with Gasteiger partial charge in [-0.1, -0.05) is 37.0 Å². The summed E-state index contributed by atoms with van der Waals surface area (Å²) < 4.78 is 13.1. The van der Waals surface area contributed by atoms with Gasteiger partial charge in [-0.2, -0.15) is 0 Å². The van der Waals surface area contributed by atoms with Gasteiger partial charge in [-0.25, -0.2) is 14.4 Å². The van der Waals surface area contributed by atoms with Crippen LogP contribution in [-0.4, -0.2) is 9.97 Å². The summed E-state index contributed by atoms with van der Waals surface area (Å²) in [7, 11) is 0. The van der Waals surface area contributed by atoms with Crippen molar-refractivity contribution >= 4 is 34.7 Å². The van der Waals surface area contributed by atoms with Crippen molar-refractivity contribution < 1.29 is 4.39 Å². The van der Waals surface area contributed by atoms with E-state index in [1.807, 2.05) is 13.8 Å². The SMILES string of the molecule is CC(C)c1nc(Cl)cc(Nc2ccc(F)c(Cl)c2)n1. The molecule has 0 aliphatic carbocycles. The third-order valence-corrected chi connectivity index (χ3v) is 2.90. The normalized spacial score (nSPS) is 10.8. The van der Waals surface area contributed by atoms with Crippen molar-refractivity contribution in [2.75, 3.05) is 5.32 Å². The van der Waals surface area contributed by atoms with Crippen LogP contribution in [0.4, 0.5) is 15.9 Å². The van der Waals surface area contributed by atoms with Gasteiger partial charge in [-0.15, -0.1) is 0 Å². The molecule has 0 aliphatic heterocycles. The van der Waals surface area contributed by atoms with Crippen LogP contribution in [0, 0.1) is 5.82 Å². The lowest BCUT2D eigenvalue weighted by Gasteiger charge is -2.10. The maximum absolute atomic E-state index is 13.1. The van der Waals surface area contributed by atoms with Crippen molar-refractivity contribution in [3.05, 3.63) is 46.1 Å². The first kappa shape index (κ1) is 14.0. The number of anilines is 2. The predicted molar refractivity (Wildman–Crippen MR) is 75.8 cm³/mol. The molecule has 3 nitrogen and oxygen atoms in total. The molecule has 0 amide bonds. The smallest absolute Gasteiger partial charge is 0.141 e. The Labute approximate surface area is 120 Å². The van der Waals surface area contributed by atoms with Crippen molar-refractivity contribution in [2.45, 2.75) is 19.8 Å². The zero-order chi connectivity index (χ0) is 14.0. The zero-order valence-electron chi connectivity index (χ0n) is 10.4. The number of hydrogen-bond donors (Lipinski definition) is 1. The van der Waals surface area contributed by atoms with Gasteiger partial charge in [-0.05, 0) is 18.2 Å². The van der Waals surface area contributed by atoms with E-state index in [0.29, 0.717) is 22.5 Å². The fourth-order valence-corrected chi connectivity index (χ4v) is 1.85. The highest BCUT2D eigenvalue weighted by molar-refractivity contribution is 6.31. The second-order valence-corrected chi connectivity index (χ2v) is 5.14. The van der Waals surface area contributed by atoms with E-state index in [0.717, 1.165) is 0 Å². The van der Waals surface area contributed by atoms with Gasteiger partial charge in [0, 0.05) is 17.7 Å². The molecule has 1 heterocycles. The van der Waals surface area contributed by atoms with Crippen LogP contribution >= 0.6 is 23.2 Å². The van der Waals surface area contributed by atoms with Crippen LogP contribution in [0.5, 0.6) is 0 Å². The number of hydrogen-bond acceptors (Lipinski definition) is 3. The average molecular weight is 300 g/mol. The Morgan fingerprint density at radius 1 is 1.16 bits per heavy atom. The lowest BCUT2D eigenvalue weighted by atomic mass is 10.2. The summed E-state index contributed by atoms with van der Waals surface area (Å²) in [6, 6.07) is 5.95. The van der Waals surface area contributed by atoms with E-state index in [9.17, 15) is 4.39 Å². The molecule has 6 heteroatoms. The van der Waals surface area contributed by atoms with Gasteiger partial charge in [-0.3, -0.25) is 0 Å². The molecule has 0 atom stereocenters. The van der Waals surface area contributed by atoms with Crippen LogP contribution in [0.15, 0.2) is 24.3 Å². The molecule has 19 heavy (non-hydrogen) atoms. The van der Waals surface area contributed by atoms with Gasteiger partial charge in [0.2, 0.25) is 0 Å². The number of benzene rings is 1. The number of rotatable bonds is 3. The standard InChI is InChI=1S/C13H12Cl2FN3/c1-7(2)13-18-11(15)6-12(19-13)17-8-3-4-10(16)9(14)5-8/h3-7H,1-2H3,(H,17,18,19). The summed E-state index contributed by atoms with van der Waals surface area (Å²) in [5, 5.41) is 3.43. The molecule has 0 radical (unpaired) electrons. The average Bonchev–Trinajstić information content (AvgIpc) is 2.33. The molecule has 2 aromatic rings. The molecule has 0 bridgehead atoms. The molecular formula is C13H12Cl2FN3. The van der Waals surface area contributed by atoms with Crippen molar-refractivity contribution in [1.82, 2.24) is 9.97 Å². The number of halogens is 3. The second-order valence-electron chi connectivity index (χ2n) is 4.34. The zero-order valence-corrected chi connectivity index (χ0v) is 11.9. The Bertz CT molecular complexity index is 602. The first-order chi connectivity index (χ1) is 8.95. The van der Waals surface area contributed by atoms with Crippen molar-refractivity contribution in [3.63, 3.8) is 0 Å². The molecule has 100 valence electrons. The molecular weight excluding hydrogens is 288 g/mol. The molecule has 0 saturated heterocycles. The Balaban J connectivity index is 2.29. The molecule has 1 aromatic carbocycles. The summed E-state index contributed by atoms with van der Waals surface area (Å²) >= 11 is 11.7. The fourth-order valence-electron chi connectivity index (χ4n) is 1.48. The third kappa shape index (κ3) is 3.55. The Hall–Kier alpha value is -1.39. The fraction of sp³-hybridized carbons (Fsp3) is 0.231. The van der Waals surface area contributed by atoms with Crippen LogP contribution in [0.2, 0.25) is 10.2 Å². The van der Waals surface area contributed by atoms with E-state index < -0.39 is 5.82 Å². The van der Waals surface area contributed by atoms with E-state index in [2.05, 4.69) is 15.3 Å². The maximum Gasteiger partial charge on any atom is 0.141 e. The van der Waals surface area contributed by atoms with Crippen LogP contribution < -0.4 is 5.32 Å². The van der Waals surface area contributed by atoms with Crippen molar-refractivity contribution in [2.24, 2.45) is 0 Å². The van der Waals surface area contributed by atoms with Gasteiger partial charge in [0.05, 0.1) is 5.02 Å². The first-order valence-electron chi connectivity index (χ1n) is 5.72. The van der Waals surface area contributed by atoms with Crippen LogP contribution in [0.25, 0.3) is 0 Å². The highest BCUT2D eigenvalue weighted by atomic mass is 35.5. The quantitative estimate of drug-likeness (QED) is 0.828. The summed E-state index contributed by atoms with van der Waals surface area (Å²) in [5.74, 6) is 0.890. The van der Waals surface area contributed by atoms with Gasteiger partial charge in [0.15, 0.2) is 0 Å². The summed E-state index contributed by atoms with van der Waals surface area (Å²) in [6.45, 7) is 3.95. The third-order valence-electron chi connectivity index (χ3n) is 2.42. The van der Waals surface area contributed by atoms with Gasteiger partial charge >= 0.3 is 0 Å². The Kier molecular flexibility index (Phi) is 4.22. The van der Waals surface area contributed by atoms with E-state index in [-0.39, 0.29) is 10.9 Å². The van der Waals surface area contributed by atoms with Crippen molar-refractivity contribution in [1.29, 1.82) is 0 Å². The van der Waals surface area contributed by atoms with Crippen molar-refractivity contribution in [3.8, 4) is 0 Å². The Morgan fingerprint density at radius 2 is 1.89 bits per heavy atom. The van der Waals surface area contributed by atoms with Crippen LogP contribution in [-0.2, 0) is 0 Å². The second kappa shape index (κ2) is 5.72. The van der Waals surface area contributed by atoms with E-state index >= 15 is 0 Å². The molecule has 0 spiro atoms. The van der Waals surface area contributed by atoms with Crippen LogP contribution in [0.3, 0.4) is 0 Å². The summed E-state index contributed by atoms with van der Waals surface area (Å²) in [4.78, 5) is 8.47. The van der Waals surface area contributed by atoms with Crippen LogP contribution in [0.1, 0.15) is 25.6 Å². The van der Waals surface area contributed by atoms with E-state index in [4.69, 9.17) is 23.2 Å². The molecule has 1 N–H and O–H groups in total. The summed E-state index contributed by atoms with van der Waals surface area (Å²) in [5.41, 5.74) is 0.635. The molecule has 0 unspecified atom stereocenters. The lowest BCUT2D eigenvalue weighted by molar-refractivity contribution is 0.628. The van der Waals surface area contributed by atoms with E-state index in [1.165, 1.54) is 12.1 Å². The number of nitrogens with zero attached hydrogens (tertiary/aromatic N) is 2. The highest BCUT2D eigenvalue weighted by Gasteiger charge is 2.08. The largest absolute Gasteiger partial charge is 0.340 e. The van der Waals surface area contributed by atoms with Gasteiger partial charge in [0.25, 0.3) is 0 Å². The first-order valence-corrected chi connectivity index (χ1v) is 6.48. The van der Waals surface area contributed by atoms with Gasteiger partial charge < -0.3 is 5.32 Å². The lowest BCUT2D eigenvalue weighted by Crippen LogP contribution is -2.02. The minimum atomic E-state index is -0.462. The Morgan fingerprint density at radius 3 is 2.53 bits per heavy atom. The predicted octanol–water partition coefficient (Wildman–Crippen LogP) is 4.79. The molecule has 0 aliphatic rings. The maximum atomic E-state index is 13.1. The molecule has 1 aromatic heterocycles.